The van der Waals surface area contributed by atoms with Crippen molar-refractivity contribution in [1.29, 1.82) is 0 Å². The third kappa shape index (κ3) is 2.57. The summed E-state index contributed by atoms with van der Waals surface area (Å²) in [6.45, 7) is 0.549. The van der Waals surface area contributed by atoms with Gasteiger partial charge in [-0.2, -0.15) is 4.98 Å². The van der Waals surface area contributed by atoms with Gasteiger partial charge in [-0.3, -0.25) is 0 Å². The summed E-state index contributed by atoms with van der Waals surface area (Å²) >= 11 is 11.5. The van der Waals surface area contributed by atoms with E-state index in [1.807, 2.05) is 0 Å². The van der Waals surface area contributed by atoms with Crippen LogP contribution in [0.5, 0.6) is 0 Å². The van der Waals surface area contributed by atoms with E-state index >= 15 is 0 Å². The maximum atomic E-state index is 5.86. The summed E-state index contributed by atoms with van der Waals surface area (Å²) in [6.07, 6.45) is 4.77. The van der Waals surface area contributed by atoms with E-state index in [-0.39, 0.29) is 5.28 Å². The van der Waals surface area contributed by atoms with E-state index in [4.69, 9.17) is 23.2 Å². The molecule has 2 N–H and O–H groups in total. The van der Waals surface area contributed by atoms with Gasteiger partial charge in [0.15, 0.2) is 0 Å². The number of anilines is 1. The molecule has 5 nitrogen and oxygen atoms in total. The Morgan fingerprint density at radius 1 is 1.33 bits per heavy atom. The second-order valence-corrected chi connectivity index (χ2v) is 3.51. The summed E-state index contributed by atoms with van der Waals surface area (Å²) in [5, 5.41) is 3.61. The SMILES string of the molecule is Clc1ncc(Cl)c(NCc2cnc[nH]2)n1. The van der Waals surface area contributed by atoms with Crippen LogP contribution in [0.1, 0.15) is 5.69 Å². The number of hydrogen-bond acceptors (Lipinski definition) is 4. The van der Waals surface area contributed by atoms with Crippen LogP contribution in [0, 0.1) is 0 Å². The first-order chi connectivity index (χ1) is 7.25. The highest BCUT2D eigenvalue weighted by Crippen LogP contribution is 2.19. The molecule has 7 heteroatoms. The lowest BCUT2D eigenvalue weighted by Crippen LogP contribution is -2.02. The first-order valence-corrected chi connectivity index (χ1v) is 4.90. The van der Waals surface area contributed by atoms with Crippen LogP contribution in [0.2, 0.25) is 10.3 Å². The van der Waals surface area contributed by atoms with Crippen molar-refractivity contribution in [2.75, 3.05) is 5.32 Å². The summed E-state index contributed by atoms with van der Waals surface area (Å²) in [5.41, 5.74) is 0.931. The van der Waals surface area contributed by atoms with Crippen molar-refractivity contribution < 1.29 is 0 Å². The summed E-state index contributed by atoms with van der Waals surface area (Å²) in [5.74, 6) is 0.506. The molecule has 0 bridgehead atoms. The molecule has 0 spiro atoms. The zero-order valence-corrected chi connectivity index (χ0v) is 9.05. The Kier molecular flexibility index (Phi) is 3.03. The second-order valence-electron chi connectivity index (χ2n) is 2.77. The molecule has 0 atom stereocenters. The first-order valence-electron chi connectivity index (χ1n) is 4.15. The van der Waals surface area contributed by atoms with E-state index in [0.717, 1.165) is 5.69 Å². The Balaban J connectivity index is 2.07. The minimum atomic E-state index is 0.159. The molecule has 2 rings (SSSR count). The molecule has 0 amide bonds. The van der Waals surface area contributed by atoms with Crippen LogP contribution in [-0.4, -0.2) is 19.9 Å². The maximum Gasteiger partial charge on any atom is 0.224 e. The minimum Gasteiger partial charge on any atom is -0.363 e. The molecule has 0 aliphatic carbocycles. The Labute approximate surface area is 95.9 Å². The number of rotatable bonds is 3. The zero-order valence-electron chi connectivity index (χ0n) is 7.54. The normalized spacial score (nSPS) is 10.3. The lowest BCUT2D eigenvalue weighted by atomic mass is 10.4. The maximum absolute atomic E-state index is 5.86. The van der Waals surface area contributed by atoms with E-state index in [9.17, 15) is 0 Å². The highest BCUT2D eigenvalue weighted by atomic mass is 35.5. The van der Waals surface area contributed by atoms with Crippen LogP contribution in [0.4, 0.5) is 5.82 Å². The van der Waals surface area contributed by atoms with Gasteiger partial charge in [-0.15, -0.1) is 0 Å². The van der Waals surface area contributed by atoms with Gasteiger partial charge >= 0.3 is 0 Å². The molecule has 2 heterocycles. The Bertz CT molecular complexity index is 442. The topological polar surface area (TPSA) is 66.5 Å². The van der Waals surface area contributed by atoms with Crippen molar-refractivity contribution in [3.05, 3.63) is 34.7 Å². The summed E-state index contributed by atoms with van der Waals surface area (Å²) in [6, 6.07) is 0. The molecule has 0 saturated heterocycles. The molecule has 0 saturated carbocycles. The number of nitrogens with zero attached hydrogens (tertiary/aromatic N) is 3. The van der Waals surface area contributed by atoms with Gasteiger partial charge in [-0.1, -0.05) is 11.6 Å². The number of aromatic nitrogens is 4. The van der Waals surface area contributed by atoms with Crippen molar-refractivity contribution in [1.82, 2.24) is 19.9 Å². The lowest BCUT2D eigenvalue weighted by molar-refractivity contribution is 1.04. The Morgan fingerprint density at radius 2 is 2.20 bits per heavy atom. The molecule has 2 aromatic heterocycles. The van der Waals surface area contributed by atoms with Crippen LogP contribution in [-0.2, 0) is 6.54 Å². The van der Waals surface area contributed by atoms with Crippen LogP contribution in [0.15, 0.2) is 18.7 Å². The molecule has 0 fully saturated rings. The van der Waals surface area contributed by atoms with Crippen molar-refractivity contribution in [2.24, 2.45) is 0 Å². The van der Waals surface area contributed by atoms with Gasteiger partial charge in [0, 0.05) is 6.20 Å². The van der Waals surface area contributed by atoms with Crippen LogP contribution < -0.4 is 5.32 Å². The average molecular weight is 244 g/mol. The molecule has 15 heavy (non-hydrogen) atoms. The van der Waals surface area contributed by atoms with Gasteiger partial charge in [0.1, 0.15) is 10.8 Å². The number of aromatic amines is 1. The summed E-state index contributed by atoms with van der Waals surface area (Å²) < 4.78 is 0. The zero-order chi connectivity index (χ0) is 10.7. The van der Waals surface area contributed by atoms with E-state index < -0.39 is 0 Å². The Morgan fingerprint density at radius 3 is 2.93 bits per heavy atom. The Hall–Kier alpha value is -1.33. The predicted octanol–water partition coefficient (Wildman–Crippen LogP) is 2.12. The summed E-state index contributed by atoms with van der Waals surface area (Å²) in [4.78, 5) is 14.5. The molecule has 0 radical (unpaired) electrons. The fourth-order valence-electron chi connectivity index (χ4n) is 1.03. The van der Waals surface area contributed by atoms with E-state index in [1.165, 1.54) is 6.20 Å². The van der Waals surface area contributed by atoms with Crippen molar-refractivity contribution >= 4 is 29.0 Å². The van der Waals surface area contributed by atoms with Crippen LogP contribution >= 0.6 is 23.2 Å². The third-order valence-corrected chi connectivity index (χ3v) is 2.17. The van der Waals surface area contributed by atoms with Gasteiger partial charge in [0.25, 0.3) is 0 Å². The minimum absolute atomic E-state index is 0.159. The van der Waals surface area contributed by atoms with E-state index in [0.29, 0.717) is 17.4 Å². The van der Waals surface area contributed by atoms with Crippen LogP contribution in [0.3, 0.4) is 0 Å². The standard InChI is InChI=1S/C8H7Cl2N5/c9-6-3-13-8(10)15-7(6)12-2-5-1-11-4-14-5/h1,3-4H,2H2,(H,11,14)(H,12,13,15). The third-order valence-electron chi connectivity index (χ3n) is 1.72. The van der Waals surface area contributed by atoms with Gasteiger partial charge < -0.3 is 10.3 Å². The van der Waals surface area contributed by atoms with Crippen molar-refractivity contribution in [3.8, 4) is 0 Å². The molecular formula is C8H7Cl2N5. The van der Waals surface area contributed by atoms with E-state index in [1.54, 1.807) is 12.5 Å². The number of halogens is 2. The fourth-order valence-corrected chi connectivity index (χ4v) is 1.32. The highest BCUT2D eigenvalue weighted by Gasteiger charge is 2.03. The van der Waals surface area contributed by atoms with E-state index in [2.05, 4.69) is 25.3 Å². The smallest absolute Gasteiger partial charge is 0.224 e. The van der Waals surface area contributed by atoms with Crippen molar-refractivity contribution in [3.63, 3.8) is 0 Å². The molecule has 2 aromatic rings. The number of nitrogens with one attached hydrogen (secondary N) is 2. The molecule has 78 valence electrons. The predicted molar refractivity (Wildman–Crippen MR) is 58.0 cm³/mol. The number of imidazole rings is 1. The second kappa shape index (κ2) is 4.46. The van der Waals surface area contributed by atoms with Crippen LogP contribution in [0.25, 0.3) is 0 Å². The van der Waals surface area contributed by atoms with Crippen molar-refractivity contribution in [2.45, 2.75) is 6.54 Å². The molecule has 0 unspecified atom stereocenters. The highest BCUT2D eigenvalue weighted by molar-refractivity contribution is 6.33. The average Bonchev–Trinajstić information content (AvgIpc) is 2.72. The lowest BCUT2D eigenvalue weighted by Gasteiger charge is -2.05. The largest absolute Gasteiger partial charge is 0.363 e. The van der Waals surface area contributed by atoms with Gasteiger partial charge in [0.05, 0.1) is 24.8 Å². The number of H-pyrrole nitrogens is 1. The molecule has 0 aromatic carbocycles. The van der Waals surface area contributed by atoms with Gasteiger partial charge in [-0.25, -0.2) is 9.97 Å². The molecular weight excluding hydrogens is 237 g/mol. The molecule has 0 aliphatic rings. The first kappa shape index (κ1) is 10.2. The number of hydrogen-bond donors (Lipinski definition) is 2. The summed E-state index contributed by atoms with van der Waals surface area (Å²) in [7, 11) is 0. The molecule has 0 aliphatic heterocycles. The van der Waals surface area contributed by atoms with Gasteiger partial charge in [-0.05, 0) is 11.6 Å². The van der Waals surface area contributed by atoms with Gasteiger partial charge in [0.2, 0.25) is 5.28 Å². The quantitative estimate of drug-likeness (QED) is 0.811. The monoisotopic (exact) mass is 243 g/mol. The fraction of sp³-hybridized carbons (Fsp3) is 0.125.